The molecular weight excluding hydrogens is 363 g/mol. The Morgan fingerprint density at radius 1 is 1.32 bits per heavy atom. The van der Waals surface area contributed by atoms with Crippen molar-refractivity contribution in [2.75, 3.05) is 13.7 Å². The molecular formula is C18H18Cl2N2O3. The van der Waals surface area contributed by atoms with E-state index < -0.39 is 9.75 Å². The molecule has 1 aliphatic carbocycles. The highest BCUT2D eigenvalue weighted by molar-refractivity contribution is 6.53. The summed E-state index contributed by atoms with van der Waals surface area (Å²) in [5, 5.41) is 0.944. The van der Waals surface area contributed by atoms with Gasteiger partial charge in [-0.1, -0.05) is 12.1 Å². The third-order valence-corrected chi connectivity index (χ3v) is 6.53. The minimum Gasteiger partial charge on any atom is -0.465 e. The van der Waals surface area contributed by atoms with E-state index in [1.807, 2.05) is 24.0 Å². The highest BCUT2D eigenvalue weighted by Crippen LogP contribution is 2.64. The van der Waals surface area contributed by atoms with Crippen molar-refractivity contribution in [3.05, 3.63) is 35.0 Å². The summed E-state index contributed by atoms with van der Waals surface area (Å²) in [6.07, 6.45) is 1.18. The fraction of sp³-hybridized carbons (Fsp3) is 0.444. The van der Waals surface area contributed by atoms with Crippen LogP contribution in [0.3, 0.4) is 0 Å². The molecule has 1 aromatic heterocycles. The van der Waals surface area contributed by atoms with Crippen molar-refractivity contribution in [2.24, 2.45) is 5.41 Å². The molecule has 2 aromatic rings. The molecule has 0 bridgehead atoms. The van der Waals surface area contributed by atoms with Crippen molar-refractivity contribution in [3.63, 3.8) is 0 Å². The molecule has 1 amide bonds. The number of hydrogen-bond acceptors (Lipinski definition) is 3. The van der Waals surface area contributed by atoms with Gasteiger partial charge in [0.15, 0.2) is 0 Å². The number of methoxy groups -OCH3 is 1. The number of H-pyrrole nitrogens is 1. The Bertz CT molecular complexity index is 905. The van der Waals surface area contributed by atoms with Gasteiger partial charge in [0, 0.05) is 36.2 Å². The number of halogens is 2. The largest absolute Gasteiger partial charge is 0.465 e. The molecule has 0 saturated heterocycles. The van der Waals surface area contributed by atoms with Gasteiger partial charge in [-0.2, -0.15) is 0 Å². The molecule has 2 heterocycles. The first-order valence-corrected chi connectivity index (χ1v) is 8.92. The van der Waals surface area contributed by atoms with Gasteiger partial charge in [-0.15, -0.1) is 23.2 Å². The summed E-state index contributed by atoms with van der Waals surface area (Å²) >= 11 is 12.3. The standard InChI is InChI=1S/C18H18Cl2N2O3/c1-17(9-18(17,19)20)16(24)22-7-6-13-12(8-22)10-4-3-5-11(14(10)21-13)15(23)25-2/h3-5,21H,6-9H2,1-2H3. The molecule has 1 fully saturated rings. The Balaban J connectivity index is 1.70. The van der Waals surface area contributed by atoms with Crippen molar-refractivity contribution < 1.29 is 14.3 Å². The van der Waals surface area contributed by atoms with Crippen molar-refractivity contribution in [1.29, 1.82) is 0 Å². The molecule has 1 atom stereocenters. The zero-order valence-corrected chi connectivity index (χ0v) is 15.5. The Kier molecular flexibility index (Phi) is 3.61. The second-order valence-corrected chi connectivity index (χ2v) is 8.48. The van der Waals surface area contributed by atoms with E-state index in [-0.39, 0.29) is 11.9 Å². The summed E-state index contributed by atoms with van der Waals surface area (Å²) in [5.41, 5.74) is 2.65. The molecule has 4 rings (SSSR count). The van der Waals surface area contributed by atoms with Crippen LogP contribution in [-0.2, 0) is 22.5 Å². The molecule has 2 aliphatic rings. The van der Waals surface area contributed by atoms with E-state index in [1.54, 1.807) is 6.07 Å². The summed E-state index contributed by atoms with van der Waals surface area (Å²) < 4.78 is 3.89. The Labute approximate surface area is 155 Å². The van der Waals surface area contributed by atoms with Crippen molar-refractivity contribution in [3.8, 4) is 0 Å². The highest BCUT2D eigenvalue weighted by Gasteiger charge is 2.68. The van der Waals surface area contributed by atoms with Crippen LogP contribution in [0.5, 0.6) is 0 Å². The molecule has 1 unspecified atom stereocenters. The number of carbonyl (C=O) groups is 2. The maximum atomic E-state index is 12.9. The number of esters is 1. The minimum atomic E-state index is -0.970. The second-order valence-electron chi connectivity index (χ2n) is 6.99. The van der Waals surface area contributed by atoms with Crippen LogP contribution in [0.4, 0.5) is 0 Å². The Hall–Kier alpha value is -1.72. The Morgan fingerprint density at radius 3 is 2.68 bits per heavy atom. The summed E-state index contributed by atoms with van der Waals surface area (Å²) in [7, 11) is 1.37. The molecule has 1 aromatic carbocycles. The summed E-state index contributed by atoms with van der Waals surface area (Å²) in [6, 6.07) is 5.52. The summed E-state index contributed by atoms with van der Waals surface area (Å²) in [5.74, 6) is -0.390. The lowest BCUT2D eigenvalue weighted by atomic mass is 10.0. The van der Waals surface area contributed by atoms with E-state index in [1.165, 1.54) is 7.11 Å². The number of aromatic nitrogens is 1. The number of hydrogen-bond donors (Lipinski definition) is 1. The van der Waals surface area contributed by atoms with Crippen LogP contribution in [0.1, 0.15) is 35.0 Å². The molecule has 0 spiro atoms. The van der Waals surface area contributed by atoms with E-state index in [2.05, 4.69) is 4.98 Å². The quantitative estimate of drug-likeness (QED) is 0.641. The summed E-state index contributed by atoms with van der Waals surface area (Å²) in [4.78, 5) is 30.0. The van der Waals surface area contributed by atoms with Gasteiger partial charge in [-0.05, 0) is 19.4 Å². The lowest BCUT2D eigenvalue weighted by molar-refractivity contribution is -0.137. The molecule has 1 aliphatic heterocycles. The topological polar surface area (TPSA) is 62.4 Å². The zero-order chi connectivity index (χ0) is 18.0. The SMILES string of the molecule is COC(=O)c1cccc2c3c([nH]c12)CCN(C(=O)C1(C)CC1(Cl)Cl)C3. The van der Waals surface area contributed by atoms with E-state index in [0.29, 0.717) is 31.5 Å². The first kappa shape index (κ1) is 16.7. The first-order chi connectivity index (χ1) is 11.8. The van der Waals surface area contributed by atoms with Gasteiger partial charge in [-0.3, -0.25) is 4.79 Å². The van der Waals surface area contributed by atoms with Gasteiger partial charge < -0.3 is 14.6 Å². The van der Waals surface area contributed by atoms with E-state index >= 15 is 0 Å². The molecule has 7 heteroatoms. The molecule has 25 heavy (non-hydrogen) atoms. The molecule has 5 nitrogen and oxygen atoms in total. The zero-order valence-electron chi connectivity index (χ0n) is 14.0. The maximum absolute atomic E-state index is 12.9. The monoisotopic (exact) mass is 380 g/mol. The number of amides is 1. The maximum Gasteiger partial charge on any atom is 0.339 e. The number of para-hydroxylation sites is 1. The highest BCUT2D eigenvalue weighted by atomic mass is 35.5. The van der Waals surface area contributed by atoms with Crippen LogP contribution >= 0.6 is 23.2 Å². The third-order valence-electron chi connectivity index (χ3n) is 5.43. The van der Waals surface area contributed by atoms with Crippen LogP contribution in [0.2, 0.25) is 0 Å². The van der Waals surface area contributed by atoms with Crippen LogP contribution in [0.25, 0.3) is 10.9 Å². The number of fused-ring (bicyclic) bond motifs is 3. The van der Waals surface area contributed by atoms with Gasteiger partial charge in [0.05, 0.1) is 23.6 Å². The molecule has 1 N–H and O–H groups in total. The Morgan fingerprint density at radius 2 is 2.04 bits per heavy atom. The number of nitrogens with zero attached hydrogens (tertiary/aromatic N) is 1. The van der Waals surface area contributed by atoms with Crippen LogP contribution in [0.15, 0.2) is 18.2 Å². The third kappa shape index (κ3) is 2.36. The summed E-state index contributed by atoms with van der Waals surface area (Å²) in [6.45, 7) is 2.90. The predicted molar refractivity (Wildman–Crippen MR) is 95.9 cm³/mol. The van der Waals surface area contributed by atoms with E-state index in [0.717, 1.165) is 22.2 Å². The minimum absolute atomic E-state index is 0.0124. The van der Waals surface area contributed by atoms with E-state index in [9.17, 15) is 9.59 Å². The lowest BCUT2D eigenvalue weighted by Gasteiger charge is -2.30. The number of carbonyl (C=O) groups excluding carboxylic acids is 2. The van der Waals surface area contributed by atoms with Crippen molar-refractivity contribution >= 4 is 46.0 Å². The number of ether oxygens (including phenoxy) is 1. The van der Waals surface area contributed by atoms with Gasteiger partial charge >= 0.3 is 5.97 Å². The average molecular weight is 381 g/mol. The lowest BCUT2D eigenvalue weighted by Crippen LogP contribution is -2.41. The van der Waals surface area contributed by atoms with Gasteiger partial charge in [-0.25, -0.2) is 4.79 Å². The smallest absolute Gasteiger partial charge is 0.339 e. The molecule has 132 valence electrons. The number of rotatable bonds is 2. The molecule has 1 saturated carbocycles. The van der Waals surface area contributed by atoms with Crippen LogP contribution in [-0.4, -0.2) is 39.7 Å². The normalized spacial score (nSPS) is 24.1. The number of nitrogens with one attached hydrogen (secondary N) is 1. The second kappa shape index (κ2) is 5.39. The van der Waals surface area contributed by atoms with Crippen molar-refractivity contribution in [2.45, 2.75) is 30.6 Å². The molecule has 0 radical (unpaired) electrons. The van der Waals surface area contributed by atoms with Crippen LogP contribution < -0.4 is 0 Å². The average Bonchev–Trinajstić information content (AvgIpc) is 2.94. The van der Waals surface area contributed by atoms with Crippen molar-refractivity contribution in [1.82, 2.24) is 9.88 Å². The van der Waals surface area contributed by atoms with E-state index in [4.69, 9.17) is 27.9 Å². The fourth-order valence-corrected chi connectivity index (χ4v) is 4.37. The first-order valence-electron chi connectivity index (χ1n) is 8.16. The van der Waals surface area contributed by atoms with Gasteiger partial charge in [0.2, 0.25) is 5.91 Å². The predicted octanol–water partition coefficient (Wildman–Crippen LogP) is 3.42. The number of benzene rings is 1. The number of aromatic amines is 1. The van der Waals surface area contributed by atoms with Gasteiger partial charge in [0.25, 0.3) is 0 Å². The van der Waals surface area contributed by atoms with Crippen LogP contribution in [0, 0.1) is 5.41 Å². The number of alkyl halides is 2. The fourth-order valence-electron chi connectivity index (χ4n) is 3.67. The van der Waals surface area contributed by atoms with Gasteiger partial charge in [0.1, 0.15) is 4.33 Å².